The Balaban J connectivity index is 1.66. The van der Waals surface area contributed by atoms with E-state index in [1.54, 1.807) is 25.1 Å². The predicted molar refractivity (Wildman–Crippen MR) is 105 cm³/mol. The second kappa shape index (κ2) is 7.25. The van der Waals surface area contributed by atoms with Crippen LogP contribution in [0.5, 0.6) is 23.0 Å². The van der Waals surface area contributed by atoms with Gasteiger partial charge in [0.25, 0.3) is 5.56 Å². The van der Waals surface area contributed by atoms with Crippen molar-refractivity contribution in [2.75, 3.05) is 20.2 Å². The number of carbonyl (C=O) groups is 1. The summed E-state index contributed by atoms with van der Waals surface area (Å²) in [7, 11) is 0. The number of esters is 1. The Bertz CT molecular complexity index is 1220. The highest BCUT2D eigenvalue weighted by Gasteiger charge is 2.22. The van der Waals surface area contributed by atoms with Gasteiger partial charge in [-0.05, 0) is 37.3 Å². The second-order valence-corrected chi connectivity index (χ2v) is 6.75. The topological polar surface area (TPSA) is 98.1 Å². The summed E-state index contributed by atoms with van der Waals surface area (Å²) in [4.78, 5) is 24.9. The first-order chi connectivity index (χ1) is 14.6. The van der Waals surface area contributed by atoms with Gasteiger partial charge in [0, 0.05) is 10.9 Å². The van der Waals surface area contributed by atoms with Gasteiger partial charge in [-0.3, -0.25) is 9.59 Å². The molecule has 0 atom stereocenters. The Morgan fingerprint density at radius 3 is 2.40 bits per heavy atom. The fraction of sp³-hybridized carbons (Fsp3) is 0.286. The maximum atomic E-state index is 13.1. The van der Waals surface area contributed by atoms with Gasteiger partial charge >= 0.3 is 5.97 Å². The van der Waals surface area contributed by atoms with E-state index in [9.17, 15) is 9.59 Å². The van der Waals surface area contributed by atoms with Gasteiger partial charge in [0.15, 0.2) is 23.0 Å². The van der Waals surface area contributed by atoms with Crippen molar-refractivity contribution in [3.63, 3.8) is 0 Å². The molecule has 2 aromatic carbocycles. The third-order valence-corrected chi connectivity index (χ3v) is 4.93. The monoisotopic (exact) mass is 410 g/mol. The maximum absolute atomic E-state index is 13.1. The zero-order valence-corrected chi connectivity index (χ0v) is 16.2. The van der Waals surface area contributed by atoms with Crippen LogP contribution in [0.1, 0.15) is 13.3 Å². The summed E-state index contributed by atoms with van der Waals surface area (Å²) < 4.78 is 28.0. The van der Waals surface area contributed by atoms with Crippen LogP contribution >= 0.6 is 0 Å². The molecule has 0 bridgehead atoms. The van der Waals surface area contributed by atoms with Crippen molar-refractivity contribution in [1.29, 1.82) is 0 Å². The fourth-order valence-corrected chi connectivity index (χ4v) is 3.51. The van der Waals surface area contributed by atoms with Crippen molar-refractivity contribution in [1.82, 2.24) is 9.78 Å². The average Bonchev–Trinajstić information content (AvgIpc) is 3.40. The lowest BCUT2D eigenvalue weighted by Gasteiger charge is -2.12. The lowest BCUT2D eigenvalue weighted by Crippen LogP contribution is -2.25. The Morgan fingerprint density at radius 1 is 1.00 bits per heavy atom. The molecule has 0 unspecified atom stereocenters. The van der Waals surface area contributed by atoms with Crippen LogP contribution in [0, 0.1) is 0 Å². The lowest BCUT2D eigenvalue weighted by molar-refractivity contribution is -0.143. The van der Waals surface area contributed by atoms with E-state index in [4.69, 9.17) is 23.7 Å². The predicted octanol–water partition coefficient (Wildman–Crippen LogP) is 2.47. The zero-order valence-electron chi connectivity index (χ0n) is 16.2. The summed E-state index contributed by atoms with van der Waals surface area (Å²) in [5, 5.41) is 5.60. The van der Waals surface area contributed by atoms with Crippen molar-refractivity contribution in [3.8, 4) is 34.3 Å². The number of aryl methyl sites for hydroxylation is 1. The Kier molecular flexibility index (Phi) is 4.42. The number of rotatable bonds is 5. The van der Waals surface area contributed by atoms with Crippen molar-refractivity contribution >= 4 is 16.7 Å². The largest absolute Gasteiger partial charge is 0.466 e. The molecule has 3 heterocycles. The molecule has 0 aliphatic carbocycles. The van der Waals surface area contributed by atoms with Crippen LogP contribution in [0.3, 0.4) is 0 Å². The van der Waals surface area contributed by atoms with E-state index < -0.39 is 0 Å². The van der Waals surface area contributed by atoms with E-state index in [1.165, 1.54) is 4.68 Å². The summed E-state index contributed by atoms with van der Waals surface area (Å²) >= 11 is 0. The molecule has 30 heavy (non-hydrogen) atoms. The molecule has 9 nitrogen and oxygen atoms in total. The van der Waals surface area contributed by atoms with Crippen molar-refractivity contribution in [2.45, 2.75) is 19.9 Å². The molecule has 0 radical (unpaired) electrons. The maximum Gasteiger partial charge on any atom is 0.307 e. The summed E-state index contributed by atoms with van der Waals surface area (Å²) in [6.45, 7) is 2.36. The van der Waals surface area contributed by atoms with Gasteiger partial charge in [-0.15, -0.1) is 0 Å². The summed E-state index contributed by atoms with van der Waals surface area (Å²) in [6.07, 6.45) is 0.0391. The SMILES string of the molecule is CCOC(=O)CCn1nc(-c2ccc3c(c2)OCO3)c2cc3c(cc2c1=O)OCO3. The number of hydrogen-bond acceptors (Lipinski definition) is 8. The van der Waals surface area contributed by atoms with Crippen LogP contribution in [-0.2, 0) is 16.1 Å². The quantitative estimate of drug-likeness (QED) is 0.592. The molecule has 1 aromatic heterocycles. The highest BCUT2D eigenvalue weighted by Crippen LogP contribution is 2.40. The molecule has 2 aliphatic rings. The van der Waals surface area contributed by atoms with Gasteiger partial charge in [0.1, 0.15) is 0 Å². The van der Waals surface area contributed by atoms with Crippen LogP contribution in [-0.4, -0.2) is 35.9 Å². The highest BCUT2D eigenvalue weighted by molar-refractivity contribution is 5.96. The number of ether oxygens (including phenoxy) is 5. The van der Waals surface area contributed by atoms with E-state index in [0.717, 1.165) is 5.56 Å². The van der Waals surface area contributed by atoms with Crippen molar-refractivity contribution < 1.29 is 28.5 Å². The molecule has 0 saturated heterocycles. The number of fused-ring (bicyclic) bond motifs is 3. The normalized spacial score (nSPS) is 13.6. The molecular formula is C21H18N2O7. The standard InChI is InChI=1S/C21H18N2O7/c1-2-26-19(24)5-6-23-21(25)14-9-18-17(29-11-30-18)8-13(14)20(22-23)12-3-4-15-16(7-12)28-10-27-15/h3-4,7-9H,2,5-6,10-11H2,1H3. The molecule has 5 rings (SSSR count). The van der Waals surface area contributed by atoms with Crippen LogP contribution in [0.25, 0.3) is 22.0 Å². The molecule has 0 fully saturated rings. The first kappa shape index (κ1) is 18.3. The summed E-state index contributed by atoms with van der Waals surface area (Å²) in [6, 6.07) is 8.86. The van der Waals surface area contributed by atoms with Gasteiger partial charge in [0.2, 0.25) is 13.6 Å². The second-order valence-electron chi connectivity index (χ2n) is 6.75. The third kappa shape index (κ3) is 3.08. The van der Waals surface area contributed by atoms with Crippen LogP contribution < -0.4 is 24.5 Å². The average molecular weight is 410 g/mol. The number of aromatic nitrogens is 2. The van der Waals surface area contributed by atoms with E-state index in [2.05, 4.69) is 5.10 Å². The number of nitrogens with zero attached hydrogens (tertiary/aromatic N) is 2. The minimum Gasteiger partial charge on any atom is -0.466 e. The summed E-state index contributed by atoms with van der Waals surface area (Å²) in [5.41, 5.74) is 0.982. The van der Waals surface area contributed by atoms with Gasteiger partial charge < -0.3 is 23.7 Å². The van der Waals surface area contributed by atoms with Crippen LogP contribution in [0.15, 0.2) is 35.1 Å². The van der Waals surface area contributed by atoms with Gasteiger partial charge in [-0.2, -0.15) is 5.10 Å². The van der Waals surface area contributed by atoms with E-state index in [-0.39, 0.29) is 44.7 Å². The smallest absolute Gasteiger partial charge is 0.307 e. The first-order valence-electron chi connectivity index (χ1n) is 9.54. The molecule has 0 spiro atoms. The molecule has 9 heteroatoms. The van der Waals surface area contributed by atoms with E-state index in [0.29, 0.717) is 39.5 Å². The Labute approximate surface area is 170 Å². The van der Waals surface area contributed by atoms with E-state index in [1.807, 2.05) is 12.1 Å². The van der Waals surface area contributed by atoms with Crippen LogP contribution in [0.2, 0.25) is 0 Å². The minimum absolute atomic E-state index is 0.0391. The first-order valence-corrected chi connectivity index (χ1v) is 9.54. The van der Waals surface area contributed by atoms with Gasteiger partial charge in [0.05, 0.1) is 30.7 Å². The molecule has 0 amide bonds. The van der Waals surface area contributed by atoms with Crippen LogP contribution in [0.4, 0.5) is 0 Å². The Hall–Kier alpha value is -3.75. The van der Waals surface area contributed by atoms with Gasteiger partial charge in [-0.1, -0.05) is 0 Å². The number of hydrogen-bond donors (Lipinski definition) is 0. The molecule has 2 aliphatic heterocycles. The lowest BCUT2D eigenvalue weighted by atomic mass is 10.0. The fourth-order valence-electron chi connectivity index (χ4n) is 3.51. The van der Waals surface area contributed by atoms with Crippen molar-refractivity contribution in [2.24, 2.45) is 0 Å². The van der Waals surface area contributed by atoms with E-state index >= 15 is 0 Å². The number of carbonyl (C=O) groups excluding carboxylic acids is 1. The Morgan fingerprint density at radius 2 is 1.67 bits per heavy atom. The molecule has 3 aromatic rings. The molecular weight excluding hydrogens is 392 g/mol. The summed E-state index contributed by atoms with van der Waals surface area (Å²) in [5.74, 6) is 1.92. The molecule has 0 saturated carbocycles. The third-order valence-electron chi connectivity index (χ3n) is 4.93. The molecule has 154 valence electrons. The zero-order chi connectivity index (χ0) is 20.7. The van der Waals surface area contributed by atoms with Crippen molar-refractivity contribution in [3.05, 3.63) is 40.7 Å². The molecule has 0 N–H and O–H groups in total. The minimum atomic E-state index is -0.387. The number of benzene rings is 2. The highest BCUT2D eigenvalue weighted by atomic mass is 16.7. The van der Waals surface area contributed by atoms with Gasteiger partial charge in [-0.25, -0.2) is 4.68 Å².